The van der Waals surface area contributed by atoms with Gasteiger partial charge in [-0.1, -0.05) is 18.2 Å². The highest BCUT2D eigenvalue weighted by atomic mass is 16.5. The molecule has 1 aromatic carbocycles. The molecule has 0 aromatic heterocycles. The second-order valence-corrected chi connectivity index (χ2v) is 5.65. The van der Waals surface area contributed by atoms with Gasteiger partial charge in [-0.15, -0.1) is 0 Å². The van der Waals surface area contributed by atoms with Crippen molar-refractivity contribution in [3.63, 3.8) is 0 Å². The van der Waals surface area contributed by atoms with Crippen molar-refractivity contribution in [2.45, 2.75) is 18.9 Å². The first-order chi connectivity index (χ1) is 10.3. The quantitative estimate of drug-likeness (QED) is 0.831. The second kappa shape index (κ2) is 6.91. The van der Waals surface area contributed by atoms with Crippen molar-refractivity contribution in [1.82, 2.24) is 10.6 Å². The van der Waals surface area contributed by atoms with E-state index in [0.29, 0.717) is 19.6 Å². The summed E-state index contributed by atoms with van der Waals surface area (Å²) in [6.45, 7) is 4.83. The zero-order valence-electron chi connectivity index (χ0n) is 12.3. The number of morpholine rings is 1. The molecule has 1 atom stereocenters. The van der Waals surface area contributed by atoms with Crippen molar-refractivity contribution >= 4 is 11.6 Å². The number of anilines is 1. The number of amides is 1. The molecule has 0 saturated carbocycles. The molecule has 114 valence electrons. The Balaban J connectivity index is 1.39. The number of hydrogen-bond donors (Lipinski definition) is 2. The molecule has 3 rings (SSSR count). The molecular weight excluding hydrogens is 266 g/mol. The molecule has 1 aromatic rings. The molecule has 0 aliphatic carbocycles. The molecule has 21 heavy (non-hydrogen) atoms. The van der Waals surface area contributed by atoms with Crippen molar-refractivity contribution in [2.75, 3.05) is 44.3 Å². The highest BCUT2D eigenvalue weighted by molar-refractivity contribution is 5.76. The Morgan fingerprint density at radius 1 is 1.43 bits per heavy atom. The molecule has 1 unspecified atom stereocenters. The van der Waals surface area contributed by atoms with Crippen LogP contribution in [0.5, 0.6) is 0 Å². The number of nitrogens with zero attached hydrogens (tertiary/aromatic N) is 1. The number of nitrogens with one attached hydrogen (secondary N) is 2. The number of rotatable bonds is 5. The van der Waals surface area contributed by atoms with Crippen molar-refractivity contribution < 1.29 is 9.53 Å². The molecule has 2 heterocycles. The van der Waals surface area contributed by atoms with Crippen LogP contribution < -0.4 is 15.5 Å². The third-order valence-corrected chi connectivity index (χ3v) is 4.12. The third kappa shape index (κ3) is 3.74. The van der Waals surface area contributed by atoms with Gasteiger partial charge in [-0.25, -0.2) is 0 Å². The van der Waals surface area contributed by atoms with E-state index in [1.807, 2.05) is 0 Å². The summed E-state index contributed by atoms with van der Waals surface area (Å²) < 4.78 is 5.36. The molecule has 2 aliphatic heterocycles. The van der Waals surface area contributed by atoms with Crippen molar-refractivity contribution in [3.05, 3.63) is 29.8 Å². The zero-order valence-corrected chi connectivity index (χ0v) is 12.3. The Kier molecular flexibility index (Phi) is 4.72. The van der Waals surface area contributed by atoms with Gasteiger partial charge in [0.2, 0.25) is 5.91 Å². The molecule has 0 spiro atoms. The van der Waals surface area contributed by atoms with Crippen LogP contribution in [0.15, 0.2) is 24.3 Å². The van der Waals surface area contributed by atoms with Crippen molar-refractivity contribution in [3.8, 4) is 0 Å². The highest BCUT2D eigenvalue weighted by Gasteiger charge is 2.19. The first-order valence-corrected chi connectivity index (χ1v) is 7.73. The van der Waals surface area contributed by atoms with Crippen LogP contribution in [-0.2, 0) is 16.0 Å². The van der Waals surface area contributed by atoms with Gasteiger partial charge >= 0.3 is 0 Å². The van der Waals surface area contributed by atoms with Gasteiger partial charge in [0.25, 0.3) is 0 Å². The molecule has 5 nitrogen and oxygen atoms in total. The molecular formula is C16H23N3O2. The fourth-order valence-corrected chi connectivity index (χ4v) is 3.02. The van der Waals surface area contributed by atoms with Crippen LogP contribution in [0, 0.1) is 0 Å². The Morgan fingerprint density at radius 2 is 2.33 bits per heavy atom. The van der Waals surface area contributed by atoms with E-state index in [-0.39, 0.29) is 11.9 Å². The van der Waals surface area contributed by atoms with E-state index in [0.717, 1.165) is 32.7 Å². The molecule has 0 radical (unpaired) electrons. The normalized spacial score (nSPS) is 21.1. The molecule has 5 heteroatoms. The van der Waals surface area contributed by atoms with Crippen LogP contribution in [0.3, 0.4) is 0 Å². The number of carbonyl (C=O) groups is 1. The highest BCUT2D eigenvalue weighted by Crippen LogP contribution is 2.26. The van der Waals surface area contributed by atoms with Crippen LogP contribution in [0.2, 0.25) is 0 Å². The average Bonchev–Trinajstić information content (AvgIpc) is 2.92. The predicted octanol–water partition coefficient (Wildman–Crippen LogP) is 0.544. The Morgan fingerprint density at radius 3 is 3.19 bits per heavy atom. The molecule has 2 aliphatic rings. The van der Waals surface area contributed by atoms with Crippen molar-refractivity contribution in [1.29, 1.82) is 0 Å². The number of hydrogen-bond acceptors (Lipinski definition) is 4. The van der Waals surface area contributed by atoms with E-state index in [2.05, 4.69) is 39.8 Å². The van der Waals surface area contributed by atoms with Crippen LogP contribution >= 0.6 is 0 Å². The fourth-order valence-electron chi connectivity index (χ4n) is 3.02. The summed E-state index contributed by atoms with van der Waals surface area (Å²) in [4.78, 5) is 14.3. The van der Waals surface area contributed by atoms with E-state index in [4.69, 9.17) is 4.74 Å². The van der Waals surface area contributed by atoms with E-state index in [1.165, 1.54) is 11.3 Å². The number of para-hydroxylation sites is 1. The lowest BCUT2D eigenvalue weighted by atomic mass is 10.2. The molecule has 2 N–H and O–H groups in total. The minimum atomic E-state index is 0.102. The van der Waals surface area contributed by atoms with Crippen LogP contribution in [0.25, 0.3) is 0 Å². The maximum atomic E-state index is 11.9. The van der Waals surface area contributed by atoms with Crippen LogP contribution in [0.4, 0.5) is 5.69 Å². The maximum Gasteiger partial charge on any atom is 0.221 e. The number of fused-ring (bicyclic) bond motifs is 1. The number of benzene rings is 1. The predicted molar refractivity (Wildman–Crippen MR) is 82.6 cm³/mol. The molecule has 0 bridgehead atoms. The second-order valence-electron chi connectivity index (χ2n) is 5.65. The van der Waals surface area contributed by atoms with E-state index in [1.54, 1.807) is 0 Å². The van der Waals surface area contributed by atoms with Gasteiger partial charge in [-0.3, -0.25) is 4.79 Å². The summed E-state index contributed by atoms with van der Waals surface area (Å²) in [5.74, 6) is 0.102. The molecule has 1 amide bonds. The minimum absolute atomic E-state index is 0.102. The molecule has 1 fully saturated rings. The monoisotopic (exact) mass is 289 g/mol. The molecule has 1 saturated heterocycles. The average molecular weight is 289 g/mol. The van der Waals surface area contributed by atoms with E-state index in [9.17, 15) is 4.79 Å². The Labute approximate surface area is 125 Å². The van der Waals surface area contributed by atoms with Gasteiger partial charge in [0.1, 0.15) is 0 Å². The van der Waals surface area contributed by atoms with Gasteiger partial charge in [0.05, 0.1) is 13.2 Å². The standard InChI is InChI=1S/C16H23N3O2/c20-16(11-14-12-21-10-7-17-14)18-6-9-19-8-5-13-3-1-2-4-15(13)19/h1-4,14,17H,5-12H2,(H,18,20). The summed E-state index contributed by atoms with van der Waals surface area (Å²) in [5, 5.41) is 6.31. The topological polar surface area (TPSA) is 53.6 Å². The minimum Gasteiger partial charge on any atom is -0.378 e. The third-order valence-electron chi connectivity index (χ3n) is 4.12. The first-order valence-electron chi connectivity index (χ1n) is 7.73. The summed E-state index contributed by atoms with van der Waals surface area (Å²) >= 11 is 0. The van der Waals surface area contributed by atoms with E-state index < -0.39 is 0 Å². The Hall–Kier alpha value is -1.59. The van der Waals surface area contributed by atoms with Gasteiger partial charge in [0.15, 0.2) is 0 Å². The van der Waals surface area contributed by atoms with Crippen LogP contribution in [0.1, 0.15) is 12.0 Å². The number of carbonyl (C=O) groups excluding carboxylic acids is 1. The van der Waals surface area contributed by atoms with Gasteiger partial charge < -0.3 is 20.3 Å². The maximum absolute atomic E-state index is 11.9. The van der Waals surface area contributed by atoms with Gasteiger partial charge in [-0.2, -0.15) is 0 Å². The summed E-state index contributed by atoms with van der Waals surface area (Å²) in [5.41, 5.74) is 2.72. The Bertz CT molecular complexity index is 486. The summed E-state index contributed by atoms with van der Waals surface area (Å²) in [6, 6.07) is 8.66. The van der Waals surface area contributed by atoms with E-state index >= 15 is 0 Å². The first kappa shape index (κ1) is 14.4. The lowest BCUT2D eigenvalue weighted by molar-refractivity contribution is -0.122. The summed E-state index contributed by atoms with van der Waals surface area (Å²) in [6.07, 6.45) is 1.60. The van der Waals surface area contributed by atoms with Crippen LogP contribution in [-0.4, -0.2) is 51.3 Å². The fraction of sp³-hybridized carbons (Fsp3) is 0.562. The lowest BCUT2D eigenvalue weighted by Gasteiger charge is -2.24. The summed E-state index contributed by atoms with van der Waals surface area (Å²) in [7, 11) is 0. The largest absolute Gasteiger partial charge is 0.378 e. The smallest absolute Gasteiger partial charge is 0.221 e. The van der Waals surface area contributed by atoms with Gasteiger partial charge in [0, 0.05) is 44.3 Å². The van der Waals surface area contributed by atoms with Crippen molar-refractivity contribution in [2.24, 2.45) is 0 Å². The SMILES string of the molecule is O=C(CC1COCCN1)NCCN1CCc2ccccc21. The number of ether oxygens (including phenoxy) is 1. The zero-order chi connectivity index (χ0) is 14.5. The van der Waals surface area contributed by atoms with Gasteiger partial charge in [-0.05, 0) is 18.1 Å². The lowest BCUT2D eigenvalue weighted by Crippen LogP contribution is -2.45.